The fourth-order valence-corrected chi connectivity index (χ4v) is 2.13. The predicted octanol–water partition coefficient (Wildman–Crippen LogP) is 1.94. The minimum atomic E-state index is 0.269. The van der Waals surface area contributed by atoms with Crippen molar-refractivity contribution in [2.24, 2.45) is 5.73 Å². The topological polar surface area (TPSA) is 53.1 Å². The minimum Gasteiger partial charge on any atom is -0.388 e. The molecule has 1 rings (SSSR count). The molecule has 3 N–H and O–H groups in total. The molecule has 4 heteroatoms. The van der Waals surface area contributed by atoms with Crippen molar-refractivity contribution in [1.29, 1.82) is 5.41 Å². The van der Waals surface area contributed by atoms with E-state index in [0.717, 1.165) is 13.0 Å². The molecule has 84 valence electrons. The van der Waals surface area contributed by atoms with Gasteiger partial charge in [-0.3, -0.25) is 5.41 Å². The zero-order valence-electron chi connectivity index (χ0n) is 9.36. The highest BCUT2D eigenvalue weighted by Gasteiger charge is 2.10. The number of thiophene rings is 1. The van der Waals surface area contributed by atoms with E-state index in [1.165, 1.54) is 4.88 Å². The van der Waals surface area contributed by atoms with Crippen LogP contribution in [-0.4, -0.2) is 30.4 Å². The van der Waals surface area contributed by atoms with E-state index in [4.69, 9.17) is 11.1 Å². The molecule has 1 atom stereocenters. The molecule has 15 heavy (non-hydrogen) atoms. The first-order valence-corrected chi connectivity index (χ1v) is 6.03. The average molecular weight is 225 g/mol. The maximum absolute atomic E-state index is 7.24. The molecule has 1 heterocycles. The van der Waals surface area contributed by atoms with Gasteiger partial charge in [-0.15, -0.1) is 11.3 Å². The number of hydrogen-bond acceptors (Lipinski definition) is 3. The van der Waals surface area contributed by atoms with Gasteiger partial charge >= 0.3 is 0 Å². The minimum absolute atomic E-state index is 0.269. The maximum atomic E-state index is 7.24. The number of hydrogen-bond donors (Lipinski definition) is 2. The third kappa shape index (κ3) is 4.44. The predicted molar refractivity (Wildman–Crippen MR) is 66.6 cm³/mol. The first-order valence-electron chi connectivity index (χ1n) is 5.15. The molecule has 1 unspecified atom stereocenters. The Morgan fingerprint density at radius 3 is 2.93 bits per heavy atom. The summed E-state index contributed by atoms with van der Waals surface area (Å²) in [6.45, 7) is 3.13. The van der Waals surface area contributed by atoms with Gasteiger partial charge < -0.3 is 10.6 Å². The summed E-state index contributed by atoms with van der Waals surface area (Å²) < 4.78 is 0. The van der Waals surface area contributed by atoms with E-state index in [1.807, 2.05) is 0 Å². The molecule has 0 aliphatic heterocycles. The normalized spacial score (nSPS) is 13.0. The third-order valence-corrected chi connectivity index (χ3v) is 3.49. The van der Waals surface area contributed by atoms with Crippen LogP contribution in [0.5, 0.6) is 0 Å². The SMILES string of the molecule is CC(CC(=N)N)N(C)CCc1cccs1. The largest absolute Gasteiger partial charge is 0.388 e. The van der Waals surface area contributed by atoms with E-state index in [9.17, 15) is 0 Å². The molecule has 0 amide bonds. The summed E-state index contributed by atoms with van der Waals surface area (Å²) in [6, 6.07) is 4.59. The van der Waals surface area contributed by atoms with Gasteiger partial charge in [0.1, 0.15) is 0 Å². The second-order valence-corrected chi connectivity index (χ2v) is 4.92. The van der Waals surface area contributed by atoms with Gasteiger partial charge in [0.15, 0.2) is 0 Å². The fourth-order valence-electron chi connectivity index (χ4n) is 1.44. The van der Waals surface area contributed by atoms with Crippen molar-refractivity contribution in [2.45, 2.75) is 25.8 Å². The van der Waals surface area contributed by atoms with Crippen molar-refractivity contribution in [2.75, 3.05) is 13.6 Å². The van der Waals surface area contributed by atoms with E-state index in [0.29, 0.717) is 12.5 Å². The average Bonchev–Trinajstić information content (AvgIpc) is 2.65. The number of amidine groups is 1. The zero-order chi connectivity index (χ0) is 11.3. The molecule has 1 aromatic heterocycles. The van der Waals surface area contributed by atoms with Crippen LogP contribution in [0.3, 0.4) is 0 Å². The smallest absolute Gasteiger partial charge is 0.0920 e. The van der Waals surface area contributed by atoms with E-state index < -0.39 is 0 Å². The van der Waals surface area contributed by atoms with E-state index in [-0.39, 0.29) is 5.84 Å². The van der Waals surface area contributed by atoms with Crippen molar-refractivity contribution in [3.8, 4) is 0 Å². The van der Waals surface area contributed by atoms with E-state index >= 15 is 0 Å². The Bertz CT molecular complexity index is 295. The van der Waals surface area contributed by atoms with Crippen LogP contribution in [0, 0.1) is 5.41 Å². The number of nitrogens with one attached hydrogen (secondary N) is 1. The monoisotopic (exact) mass is 225 g/mol. The van der Waals surface area contributed by atoms with Crippen LogP contribution in [-0.2, 0) is 6.42 Å². The van der Waals surface area contributed by atoms with Crippen LogP contribution < -0.4 is 5.73 Å². The first kappa shape index (κ1) is 12.2. The zero-order valence-corrected chi connectivity index (χ0v) is 10.2. The lowest BCUT2D eigenvalue weighted by Crippen LogP contribution is -2.34. The van der Waals surface area contributed by atoms with Gasteiger partial charge in [-0.25, -0.2) is 0 Å². The Morgan fingerprint density at radius 2 is 2.40 bits per heavy atom. The lowest BCUT2D eigenvalue weighted by molar-refractivity contribution is 0.266. The summed E-state index contributed by atoms with van der Waals surface area (Å²) in [5, 5.41) is 9.35. The van der Waals surface area contributed by atoms with Crippen LogP contribution >= 0.6 is 11.3 Å². The number of rotatable bonds is 6. The molecule has 0 bridgehead atoms. The standard InChI is InChI=1S/C11H19N3S/c1-9(8-11(12)13)14(2)6-5-10-4-3-7-15-10/h3-4,7,9H,5-6,8H2,1-2H3,(H3,12,13). The highest BCUT2D eigenvalue weighted by molar-refractivity contribution is 7.09. The molecular weight excluding hydrogens is 206 g/mol. The Morgan fingerprint density at radius 1 is 1.67 bits per heavy atom. The van der Waals surface area contributed by atoms with Crippen molar-refractivity contribution in [3.63, 3.8) is 0 Å². The van der Waals surface area contributed by atoms with E-state index in [2.05, 4.69) is 36.4 Å². The Hall–Kier alpha value is -0.870. The van der Waals surface area contributed by atoms with Crippen LogP contribution in [0.1, 0.15) is 18.2 Å². The number of likely N-dealkylation sites (N-methyl/N-ethyl adjacent to an activating group) is 1. The highest BCUT2D eigenvalue weighted by atomic mass is 32.1. The van der Waals surface area contributed by atoms with Crippen LogP contribution in [0.4, 0.5) is 0 Å². The summed E-state index contributed by atoms with van der Waals surface area (Å²) in [4.78, 5) is 3.66. The van der Waals surface area contributed by atoms with Gasteiger partial charge in [0.2, 0.25) is 0 Å². The van der Waals surface area contributed by atoms with Gasteiger partial charge in [0.25, 0.3) is 0 Å². The quantitative estimate of drug-likeness (QED) is 0.574. The molecule has 0 saturated carbocycles. The number of nitrogens with zero attached hydrogens (tertiary/aromatic N) is 1. The van der Waals surface area contributed by atoms with Gasteiger partial charge in [0.05, 0.1) is 5.84 Å². The molecule has 3 nitrogen and oxygen atoms in total. The van der Waals surface area contributed by atoms with Crippen molar-refractivity contribution >= 4 is 17.2 Å². The van der Waals surface area contributed by atoms with Gasteiger partial charge in [-0.05, 0) is 31.8 Å². The Labute approximate surface area is 95.4 Å². The molecule has 0 radical (unpaired) electrons. The summed E-state index contributed by atoms with van der Waals surface area (Å²) >= 11 is 1.80. The molecule has 1 aromatic rings. The molecule has 0 spiro atoms. The Kier molecular flexibility index (Phi) is 4.78. The van der Waals surface area contributed by atoms with Gasteiger partial charge in [-0.1, -0.05) is 6.07 Å². The van der Waals surface area contributed by atoms with Crippen molar-refractivity contribution < 1.29 is 0 Å². The lowest BCUT2D eigenvalue weighted by Gasteiger charge is -2.23. The van der Waals surface area contributed by atoms with E-state index in [1.54, 1.807) is 11.3 Å². The first-order chi connectivity index (χ1) is 7.09. The lowest BCUT2D eigenvalue weighted by atomic mass is 10.2. The number of nitrogens with two attached hydrogens (primary N) is 1. The molecular formula is C11H19N3S. The van der Waals surface area contributed by atoms with Crippen molar-refractivity contribution in [1.82, 2.24) is 4.90 Å². The molecule has 0 aliphatic carbocycles. The van der Waals surface area contributed by atoms with Crippen LogP contribution in [0.15, 0.2) is 17.5 Å². The molecule has 0 fully saturated rings. The van der Waals surface area contributed by atoms with Crippen LogP contribution in [0.25, 0.3) is 0 Å². The van der Waals surface area contributed by atoms with Gasteiger partial charge in [-0.2, -0.15) is 0 Å². The van der Waals surface area contributed by atoms with Gasteiger partial charge in [0, 0.05) is 23.9 Å². The third-order valence-electron chi connectivity index (χ3n) is 2.56. The summed E-state index contributed by atoms with van der Waals surface area (Å²) in [7, 11) is 2.08. The molecule has 0 aliphatic rings. The highest BCUT2D eigenvalue weighted by Crippen LogP contribution is 2.10. The van der Waals surface area contributed by atoms with Crippen LogP contribution in [0.2, 0.25) is 0 Å². The molecule has 0 saturated heterocycles. The second kappa shape index (κ2) is 5.88. The summed E-state index contributed by atoms with van der Waals surface area (Å²) in [5.41, 5.74) is 5.38. The second-order valence-electron chi connectivity index (χ2n) is 3.89. The summed E-state index contributed by atoms with van der Waals surface area (Å²) in [5.74, 6) is 0.269. The molecule has 0 aromatic carbocycles. The maximum Gasteiger partial charge on any atom is 0.0920 e. The Balaban J connectivity index is 2.29. The van der Waals surface area contributed by atoms with Crippen molar-refractivity contribution in [3.05, 3.63) is 22.4 Å². The fraction of sp³-hybridized carbons (Fsp3) is 0.545. The summed E-state index contributed by atoms with van der Waals surface area (Å²) in [6.07, 6.45) is 1.73.